The number of nitrogens with zero attached hydrogens (tertiary/aromatic N) is 3. The van der Waals surface area contributed by atoms with Crippen LogP contribution in [0.3, 0.4) is 0 Å². The molecule has 0 atom stereocenters. The maximum absolute atomic E-state index is 4.18. The van der Waals surface area contributed by atoms with Gasteiger partial charge in [-0.2, -0.15) is 0 Å². The van der Waals surface area contributed by atoms with Crippen molar-refractivity contribution >= 4 is 0 Å². The summed E-state index contributed by atoms with van der Waals surface area (Å²) < 4.78 is 1.96. The lowest BCUT2D eigenvalue weighted by Gasteiger charge is -2.19. The van der Waals surface area contributed by atoms with Crippen LogP contribution in [0.5, 0.6) is 0 Å². The fourth-order valence-corrected chi connectivity index (χ4v) is 1.76. The maximum atomic E-state index is 4.18. The molecular formula is C14H28N4. The molecule has 1 rings (SSSR count). The Kier molecular flexibility index (Phi) is 6.33. The SMILES string of the molecule is CCCCCCCn1cc(CNC(C)(C)C)nn1. The third-order valence-corrected chi connectivity index (χ3v) is 2.88. The smallest absolute Gasteiger partial charge is 0.0965 e. The summed E-state index contributed by atoms with van der Waals surface area (Å²) in [4.78, 5) is 0. The van der Waals surface area contributed by atoms with E-state index in [1.165, 1.54) is 32.1 Å². The van der Waals surface area contributed by atoms with Gasteiger partial charge in [-0.25, -0.2) is 0 Å². The highest BCUT2D eigenvalue weighted by Gasteiger charge is 2.09. The Morgan fingerprint density at radius 2 is 1.89 bits per heavy atom. The van der Waals surface area contributed by atoms with Crippen LogP contribution in [0.2, 0.25) is 0 Å². The van der Waals surface area contributed by atoms with Gasteiger partial charge in [0.05, 0.1) is 5.69 Å². The monoisotopic (exact) mass is 252 g/mol. The summed E-state index contributed by atoms with van der Waals surface area (Å²) in [6, 6.07) is 0. The van der Waals surface area contributed by atoms with Crippen LogP contribution >= 0.6 is 0 Å². The molecule has 0 fully saturated rings. The summed E-state index contributed by atoms with van der Waals surface area (Å²) in [6.07, 6.45) is 8.53. The van der Waals surface area contributed by atoms with Crippen LogP contribution in [-0.2, 0) is 13.1 Å². The Bertz CT molecular complexity index is 325. The fourth-order valence-electron chi connectivity index (χ4n) is 1.76. The van der Waals surface area contributed by atoms with Crippen LogP contribution in [0.25, 0.3) is 0 Å². The molecule has 0 radical (unpaired) electrons. The molecule has 0 saturated carbocycles. The second kappa shape index (κ2) is 7.52. The molecule has 1 N–H and O–H groups in total. The van der Waals surface area contributed by atoms with Gasteiger partial charge in [-0.1, -0.05) is 37.8 Å². The van der Waals surface area contributed by atoms with Crippen molar-refractivity contribution in [1.82, 2.24) is 20.3 Å². The standard InChI is InChI=1S/C14H28N4/c1-5-6-7-8-9-10-18-12-13(16-17-18)11-15-14(2,3)4/h12,15H,5-11H2,1-4H3. The number of aromatic nitrogens is 3. The van der Waals surface area contributed by atoms with Crippen molar-refractivity contribution in [1.29, 1.82) is 0 Å². The Balaban J connectivity index is 2.22. The highest BCUT2D eigenvalue weighted by atomic mass is 15.4. The third kappa shape index (κ3) is 6.74. The summed E-state index contributed by atoms with van der Waals surface area (Å²) in [5.41, 5.74) is 1.16. The third-order valence-electron chi connectivity index (χ3n) is 2.88. The lowest BCUT2D eigenvalue weighted by Crippen LogP contribution is -2.35. The number of nitrogens with one attached hydrogen (secondary N) is 1. The lowest BCUT2D eigenvalue weighted by atomic mass is 10.1. The van der Waals surface area contributed by atoms with Gasteiger partial charge < -0.3 is 5.32 Å². The first-order valence-electron chi connectivity index (χ1n) is 7.15. The molecule has 0 aromatic carbocycles. The van der Waals surface area contributed by atoms with Gasteiger partial charge in [0.2, 0.25) is 0 Å². The minimum atomic E-state index is 0.129. The van der Waals surface area contributed by atoms with E-state index in [1.54, 1.807) is 0 Å². The minimum absolute atomic E-state index is 0.129. The van der Waals surface area contributed by atoms with Crippen LogP contribution in [0, 0.1) is 0 Å². The molecule has 1 heterocycles. The molecule has 0 spiro atoms. The molecule has 4 nitrogen and oxygen atoms in total. The largest absolute Gasteiger partial charge is 0.306 e. The van der Waals surface area contributed by atoms with Gasteiger partial charge >= 0.3 is 0 Å². The van der Waals surface area contributed by atoms with E-state index in [9.17, 15) is 0 Å². The van der Waals surface area contributed by atoms with E-state index in [2.05, 4.69) is 49.5 Å². The van der Waals surface area contributed by atoms with E-state index in [0.29, 0.717) is 0 Å². The Morgan fingerprint density at radius 3 is 2.56 bits per heavy atom. The Hall–Kier alpha value is -0.900. The molecule has 1 aromatic heterocycles. The van der Waals surface area contributed by atoms with Crippen LogP contribution in [-0.4, -0.2) is 20.5 Å². The first kappa shape index (κ1) is 15.2. The van der Waals surface area contributed by atoms with Crippen molar-refractivity contribution in [2.75, 3.05) is 0 Å². The van der Waals surface area contributed by atoms with Gasteiger partial charge in [0.15, 0.2) is 0 Å². The van der Waals surface area contributed by atoms with Gasteiger partial charge in [0.25, 0.3) is 0 Å². The first-order chi connectivity index (χ1) is 8.51. The quantitative estimate of drug-likeness (QED) is 0.723. The molecule has 0 unspecified atom stereocenters. The zero-order valence-corrected chi connectivity index (χ0v) is 12.4. The van der Waals surface area contributed by atoms with E-state index >= 15 is 0 Å². The highest BCUT2D eigenvalue weighted by molar-refractivity contribution is 4.92. The summed E-state index contributed by atoms with van der Waals surface area (Å²) in [6.45, 7) is 10.5. The number of rotatable bonds is 8. The molecule has 0 aliphatic heterocycles. The van der Waals surface area contributed by atoms with Gasteiger partial charge in [0.1, 0.15) is 0 Å². The van der Waals surface area contributed by atoms with Crippen LogP contribution in [0.4, 0.5) is 0 Å². The highest BCUT2D eigenvalue weighted by Crippen LogP contribution is 2.05. The Morgan fingerprint density at radius 1 is 1.17 bits per heavy atom. The van der Waals surface area contributed by atoms with Gasteiger partial charge in [-0.15, -0.1) is 5.10 Å². The van der Waals surface area contributed by atoms with E-state index in [0.717, 1.165) is 18.8 Å². The van der Waals surface area contributed by atoms with Crippen molar-refractivity contribution in [3.05, 3.63) is 11.9 Å². The molecule has 104 valence electrons. The van der Waals surface area contributed by atoms with Crippen molar-refractivity contribution in [3.8, 4) is 0 Å². The van der Waals surface area contributed by atoms with Crippen LogP contribution in [0.1, 0.15) is 65.5 Å². The van der Waals surface area contributed by atoms with Crippen LogP contribution < -0.4 is 5.32 Å². The molecule has 0 aliphatic carbocycles. The molecule has 0 aliphatic rings. The van der Waals surface area contributed by atoms with E-state index < -0.39 is 0 Å². The average Bonchev–Trinajstić information content (AvgIpc) is 2.73. The van der Waals surface area contributed by atoms with Crippen molar-refractivity contribution in [3.63, 3.8) is 0 Å². The van der Waals surface area contributed by atoms with E-state index in [1.807, 2.05) is 4.68 Å². The fraction of sp³-hybridized carbons (Fsp3) is 0.857. The van der Waals surface area contributed by atoms with E-state index in [4.69, 9.17) is 0 Å². The molecule has 4 heteroatoms. The number of hydrogen-bond acceptors (Lipinski definition) is 3. The summed E-state index contributed by atoms with van der Waals surface area (Å²) in [5.74, 6) is 0. The summed E-state index contributed by atoms with van der Waals surface area (Å²) in [7, 11) is 0. The molecular weight excluding hydrogens is 224 g/mol. The average molecular weight is 252 g/mol. The number of unbranched alkanes of at least 4 members (excludes halogenated alkanes) is 4. The summed E-state index contributed by atoms with van der Waals surface area (Å²) in [5, 5.41) is 11.8. The van der Waals surface area contributed by atoms with Crippen molar-refractivity contribution in [2.45, 2.75) is 78.4 Å². The molecule has 18 heavy (non-hydrogen) atoms. The van der Waals surface area contributed by atoms with E-state index in [-0.39, 0.29) is 5.54 Å². The van der Waals surface area contributed by atoms with Crippen LogP contribution in [0.15, 0.2) is 6.20 Å². The van der Waals surface area contributed by atoms with Crippen molar-refractivity contribution < 1.29 is 0 Å². The zero-order valence-electron chi connectivity index (χ0n) is 12.4. The number of aryl methyl sites for hydroxylation is 1. The predicted molar refractivity (Wildman–Crippen MR) is 75.4 cm³/mol. The second-order valence-electron chi connectivity index (χ2n) is 5.99. The molecule has 0 amide bonds. The zero-order chi connectivity index (χ0) is 13.4. The predicted octanol–water partition coefficient (Wildman–Crippen LogP) is 3.14. The maximum Gasteiger partial charge on any atom is 0.0965 e. The molecule has 0 bridgehead atoms. The Labute approximate surface area is 111 Å². The van der Waals surface area contributed by atoms with Crippen molar-refractivity contribution in [2.24, 2.45) is 0 Å². The lowest BCUT2D eigenvalue weighted by molar-refractivity contribution is 0.421. The number of hydrogen-bond donors (Lipinski definition) is 1. The van der Waals surface area contributed by atoms with Gasteiger partial charge in [-0.3, -0.25) is 4.68 Å². The van der Waals surface area contributed by atoms with Gasteiger partial charge in [-0.05, 0) is 27.2 Å². The first-order valence-corrected chi connectivity index (χ1v) is 7.15. The second-order valence-corrected chi connectivity index (χ2v) is 5.99. The topological polar surface area (TPSA) is 42.7 Å². The summed E-state index contributed by atoms with van der Waals surface area (Å²) >= 11 is 0. The minimum Gasteiger partial charge on any atom is -0.306 e. The normalized spacial score (nSPS) is 12.0. The molecule has 0 saturated heterocycles. The molecule has 1 aromatic rings. The van der Waals surface area contributed by atoms with Gasteiger partial charge in [0, 0.05) is 24.8 Å².